The summed E-state index contributed by atoms with van der Waals surface area (Å²) in [5.41, 5.74) is 0.929. The van der Waals surface area contributed by atoms with E-state index in [9.17, 15) is 0 Å². The average molecular weight is 241 g/mol. The molecule has 2 nitrogen and oxygen atoms in total. The summed E-state index contributed by atoms with van der Waals surface area (Å²) in [6.07, 6.45) is 0. The molecule has 0 aliphatic rings. The Labute approximate surface area is 98.3 Å². The summed E-state index contributed by atoms with van der Waals surface area (Å²) >= 11 is 7.62. The van der Waals surface area contributed by atoms with Crippen molar-refractivity contribution in [3.63, 3.8) is 0 Å². The number of thiazole rings is 1. The molecule has 0 aliphatic heterocycles. The Morgan fingerprint density at radius 3 is 2.80 bits per heavy atom. The number of hydrogen-bond acceptors (Lipinski definition) is 3. The van der Waals surface area contributed by atoms with Crippen LogP contribution in [-0.4, -0.2) is 12.0 Å². The van der Waals surface area contributed by atoms with Crippen LogP contribution in [0.3, 0.4) is 0 Å². The van der Waals surface area contributed by atoms with E-state index in [0.717, 1.165) is 20.2 Å². The number of aromatic nitrogens is 1. The standard InChI is InChI=1S/C11H13ClN2S/c1-11(2,13-3)10-14-8-5-4-7(12)6-9(8)15-10/h4-6,13H,1-3H3. The van der Waals surface area contributed by atoms with Gasteiger partial charge in [-0.2, -0.15) is 0 Å². The van der Waals surface area contributed by atoms with Crippen LogP contribution in [0.2, 0.25) is 5.02 Å². The number of halogens is 1. The predicted molar refractivity (Wildman–Crippen MR) is 66.7 cm³/mol. The molecule has 15 heavy (non-hydrogen) atoms. The normalized spacial score (nSPS) is 12.3. The summed E-state index contributed by atoms with van der Waals surface area (Å²) in [4.78, 5) is 4.59. The Morgan fingerprint density at radius 1 is 1.40 bits per heavy atom. The van der Waals surface area contributed by atoms with Crippen molar-refractivity contribution in [2.75, 3.05) is 7.05 Å². The van der Waals surface area contributed by atoms with Crippen LogP contribution in [0.5, 0.6) is 0 Å². The molecule has 2 aromatic rings. The van der Waals surface area contributed by atoms with Crippen LogP contribution < -0.4 is 5.32 Å². The molecule has 80 valence electrons. The summed E-state index contributed by atoms with van der Waals surface area (Å²) < 4.78 is 1.14. The third-order valence-electron chi connectivity index (χ3n) is 2.51. The minimum absolute atomic E-state index is 0.0871. The van der Waals surface area contributed by atoms with E-state index in [2.05, 4.69) is 24.1 Å². The van der Waals surface area contributed by atoms with Gasteiger partial charge in [0.05, 0.1) is 15.8 Å². The van der Waals surface area contributed by atoms with Crippen LogP contribution in [0, 0.1) is 0 Å². The zero-order valence-electron chi connectivity index (χ0n) is 8.97. The summed E-state index contributed by atoms with van der Waals surface area (Å²) in [5, 5.41) is 5.10. The fourth-order valence-electron chi connectivity index (χ4n) is 1.27. The lowest BCUT2D eigenvalue weighted by atomic mass is 10.1. The average Bonchev–Trinajstić information content (AvgIpc) is 2.61. The first-order chi connectivity index (χ1) is 7.03. The molecule has 0 unspecified atom stereocenters. The molecule has 1 heterocycles. The first kappa shape index (κ1) is 10.9. The quantitative estimate of drug-likeness (QED) is 0.870. The number of benzene rings is 1. The molecule has 0 spiro atoms. The van der Waals surface area contributed by atoms with E-state index >= 15 is 0 Å². The van der Waals surface area contributed by atoms with Crippen molar-refractivity contribution < 1.29 is 0 Å². The number of fused-ring (bicyclic) bond motifs is 1. The van der Waals surface area contributed by atoms with Crippen LogP contribution in [-0.2, 0) is 5.54 Å². The van der Waals surface area contributed by atoms with Crippen LogP contribution in [0.4, 0.5) is 0 Å². The van der Waals surface area contributed by atoms with E-state index in [1.807, 2.05) is 25.2 Å². The Morgan fingerprint density at radius 2 is 2.13 bits per heavy atom. The largest absolute Gasteiger partial charge is 0.309 e. The highest BCUT2D eigenvalue weighted by Gasteiger charge is 2.22. The number of hydrogen-bond donors (Lipinski definition) is 1. The van der Waals surface area contributed by atoms with Gasteiger partial charge in [0.15, 0.2) is 0 Å². The third-order valence-corrected chi connectivity index (χ3v) is 4.09. The van der Waals surface area contributed by atoms with E-state index in [4.69, 9.17) is 11.6 Å². The van der Waals surface area contributed by atoms with Gasteiger partial charge in [-0.3, -0.25) is 0 Å². The van der Waals surface area contributed by atoms with Gasteiger partial charge in [0, 0.05) is 5.02 Å². The molecule has 0 radical (unpaired) electrons. The van der Waals surface area contributed by atoms with Crippen LogP contribution in [0.15, 0.2) is 18.2 Å². The molecule has 0 aliphatic carbocycles. The lowest BCUT2D eigenvalue weighted by molar-refractivity contribution is 0.443. The van der Waals surface area contributed by atoms with Gasteiger partial charge < -0.3 is 5.32 Å². The van der Waals surface area contributed by atoms with Crippen molar-refractivity contribution in [2.24, 2.45) is 0 Å². The molecule has 0 saturated heterocycles. The minimum Gasteiger partial charge on any atom is -0.309 e. The lowest BCUT2D eigenvalue weighted by Gasteiger charge is -2.20. The highest BCUT2D eigenvalue weighted by Crippen LogP contribution is 2.30. The Kier molecular flexibility index (Phi) is 2.71. The van der Waals surface area contributed by atoms with Gasteiger partial charge in [-0.1, -0.05) is 11.6 Å². The zero-order chi connectivity index (χ0) is 11.1. The maximum atomic E-state index is 5.94. The number of nitrogens with zero attached hydrogens (tertiary/aromatic N) is 1. The van der Waals surface area contributed by atoms with Crippen molar-refractivity contribution in [2.45, 2.75) is 19.4 Å². The SMILES string of the molecule is CNC(C)(C)c1nc2ccc(Cl)cc2s1. The fraction of sp³-hybridized carbons (Fsp3) is 0.364. The zero-order valence-corrected chi connectivity index (χ0v) is 10.5. The Hall–Kier alpha value is -0.640. The topological polar surface area (TPSA) is 24.9 Å². The van der Waals surface area contributed by atoms with Gasteiger partial charge in [0.25, 0.3) is 0 Å². The first-order valence-electron chi connectivity index (χ1n) is 4.78. The molecule has 1 aromatic heterocycles. The number of rotatable bonds is 2. The van der Waals surface area contributed by atoms with E-state index in [0.29, 0.717) is 0 Å². The molecule has 0 saturated carbocycles. The van der Waals surface area contributed by atoms with Crippen molar-refractivity contribution in [1.82, 2.24) is 10.3 Å². The molecule has 0 fully saturated rings. The van der Waals surface area contributed by atoms with Gasteiger partial charge in [-0.05, 0) is 39.1 Å². The van der Waals surface area contributed by atoms with E-state index < -0.39 is 0 Å². The molecule has 1 N–H and O–H groups in total. The van der Waals surface area contributed by atoms with Gasteiger partial charge in [0.1, 0.15) is 5.01 Å². The number of nitrogens with one attached hydrogen (secondary N) is 1. The van der Waals surface area contributed by atoms with Crippen LogP contribution >= 0.6 is 22.9 Å². The molecular formula is C11H13ClN2S. The maximum Gasteiger partial charge on any atom is 0.113 e. The lowest BCUT2D eigenvalue weighted by Crippen LogP contribution is -2.32. The van der Waals surface area contributed by atoms with E-state index in [-0.39, 0.29) is 5.54 Å². The predicted octanol–water partition coefficient (Wildman–Crippen LogP) is 3.40. The Balaban J connectivity index is 2.56. The van der Waals surface area contributed by atoms with Crippen LogP contribution in [0.25, 0.3) is 10.2 Å². The summed E-state index contributed by atoms with van der Waals surface area (Å²) in [6.45, 7) is 4.23. The molecular weight excluding hydrogens is 228 g/mol. The fourth-order valence-corrected chi connectivity index (χ4v) is 2.62. The van der Waals surface area contributed by atoms with Crippen molar-refractivity contribution in [3.05, 3.63) is 28.2 Å². The first-order valence-corrected chi connectivity index (χ1v) is 5.98. The summed E-state index contributed by atoms with van der Waals surface area (Å²) in [6, 6.07) is 5.80. The molecule has 0 atom stereocenters. The van der Waals surface area contributed by atoms with Gasteiger partial charge in [0.2, 0.25) is 0 Å². The molecule has 4 heteroatoms. The molecule has 0 amide bonds. The van der Waals surface area contributed by atoms with E-state index in [1.54, 1.807) is 11.3 Å². The smallest absolute Gasteiger partial charge is 0.113 e. The molecule has 0 bridgehead atoms. The third kappa shape index (κ3) is 2.00. The monoisotopic (exact) mass is 240 g/mol. The van der Waals surface area contributed by atoms with Crippen LogP contribution in [0.1, 0.15) is 18.9 Å². The second-order valence-corrected chi connectivity index (χ2v) is 5.47. The van der Waals surface area contributed by atoms with Gasteiger partial charge in [-0.25, -0.2) is 4.98 Å². The minimum atomic E-state index is -0.0871. The summed E-state index contributed by atoms with van der Waals surface area (Å²) in [7, 11) is 1.94. The maximum absolute atomic E-state index is 5.94. The summed E-state index contributed by atoms with van der Waals surface area (Å²) in [5.74, 6) is 0. The Bertz CT molecular complexity index is 490. The second kappa shape index (κ2) is 3.74. The van der Waals surface area contributed by atoms with Gasteiger partial charge in [-0.15, -0.1) is 11.3 Å². The van der Waals surface area contributed by atoms with Crippen molar-refractivity contribution >= 4 is 33.2 Å². The molecule has 2 rings (SSSR count). The van der Waals surface area contributed by atoms with Gasteiger partial charge >= 0.3 is 0 Å². The highest BCUT2D eigenvalue weighted by molar-refractivity contribution is 7.18. The van der Waals surface area contributed by atoms with Crippen molar-refractivity contribution in [1.29, 1.82) is 0 Å². The highest BCUT2D eigenvalue weighted by atomic mass is 35.5. The van der Waals surface area contributed by atoms with E-state index in [1.165, 1.54) is 0 Å². The second-order valence-electron chi connectivity index (χ2n) is 4.01. The van der Waals surface area contributed by atoms with Crippen molar-refractivity contribution in [3.8, 4) is 0 Å². The molecule has 1 aromatic carbocycles.